The van der Waals surface area contributed by atoms with Crippen molar-refractivity contribution in [1.29, 1.82) is 0 Å². The molecule has 0 aromatic heterocycles. The molecule has 4 nitrogen and oxygen atoms in total. The summed E-state index contributed by atoms with van der Waals surface area (Å²) >= 11 is 5.78. The third-order valence-electron chi connectivity index (χ3n) is 1.63. The lowest BCUT2D eigenvalue weighted by molar-refractivity contribution is 0.153. The molecule has 0 saturated carbocycles. The van der Waals surface area contributed by atoms with E-state index >= 15 is 0 Å². The standard InChI is InChI=1S/C8H10ClNO3S/c1-6-4-3-5-7(9)8(6)14(11,12)10-13-2/h3-5,10H,1-2H3. The number of hydrogen-bond donors (Lipinski definition) is 1. The first-order valence-electron chi connectivity index (χ1n) is 3.79. The Balaban J connectivity index is 3.32. The number of halogens is 1. The van der Waals surface area contributed by atoms with Crippen LogP contribution in [-0.4, -0.2) is 15.5 Å². The second-order valence-corrected chi connectivity index (χ2v) is 4.67. The summed E-state index contributed by atoms with van der Waals surface area (Å²) in [5, 5.41) is 0.176. The Hall–Kier alpha value is -0.620. The Bertz CT molecular complexity index is 410. The molecule has 0 fully saturated rings. The Morgan fingerprint density at radius 3 is 2.57 bits per heavy atom. The summed E-state index contributed by atoms with van der Waals surface area (Å²) in [7, 11) is -2.45. The Kier molecular flexibility index (Phi) is 3.49. The van der Waals surface area contributed by atoms with E-state index in [1.54, 1.807) is 19.1 Å². The van der Waals surface area contributed by atoms with Crippen molar-refractivity contribution in [3.63, 3.8) is 0 Å². The fraction of sp³-hybridized carbons (Fsp3) is 0.250. The largest absolute Gasteiger partial charge is 0.290 e. The van der Waals surface area contributed by atoms with E-state index in [1.165, 1.54) is 13.2 Å². The highest BCUT2D eigenvalue weighted by Crippen LogP contribution is 2.24. The number of benzene rings is 1. The van der Waals surface area contributed by atoms with Gasteiger partial charge in [0.2, 0.25) is 0 Å². The van der Waals surface area contributed by atoms with Gasteiger partial charge in [-0.1, -0.05) is 28.6 Å². The van der Waals surface area contributed by atoms with Crippen LogP contribution in [0.4, 0.5) is 0 Å². The van der Waals surface area contributed by atoms with E-state index in [1.807, 2.05) is 4.89 Å². The van der Waals surface area contributed by atoms with Crippen molar-refractivity contribution in [2.75, 3.05) is 7.11 Å². The van der Waals surface area contributed by atoms with Gasteiger partial charge in [-0.3, -0.25) is 4.84 Å². The van der Waals surface area contributed by atoms with Gasteiger partial charge in [0, 0.05) is 0 Å². The molecule has 0 atom stereocenters. The van der Waals surface area contributed by atoms with E-state index < -0.39 is 10.0 Å². The minimum absolute atomic E-state index is 0.0449. The van der Waals surface area contributed by atoms with Crippen LogP contribution in [0, 0.1) is 6.92 Å². The molecule has 1 N–H and O–H groups in total. The second kappa shape index (κ2) is 4.27. The first-order valence-corrected chi connectivity index (χ1v) is 5.65. The average molecular weight is 236 g/mol. The summed E-state index contributed by atoms with van der Waals surface area (Å²) in [4.78, 5) is 6.33. The number of sulfonamides is 1. The summed E-state index contributed by atoms with van der Waals surface area (Å²) in [6.07, 6.45) is 0. The van der Waals surface area contributed by atoms with Crippen LogP contribution in [-0.2, 0) is 14.9 Å². The zero-order chi connectivity index (χ0) is 10.8. The molecule has 0 radical (unpaired) electrons. The van der Waals surface area contributed by atoms with Gasteiger partial charge < -0.3 is 0 Å². The second-order valence-electron chi connectivity index (χ2n) is 2.68. The van der Waals surface area contributed by atoms with E-state index in [4.69, 9.17) is 11.6 Å². The molecule has 0 aliphatic rings. The maximum atomic E-state index is 11.6. The number of hydrogen-bond acceptors (Lipinski definition) is 3. The first-order chi connectivity index (χ1) is 6.49. The van der Waals surface area contributed by atoms with E-state index in [0.29, 0.717) is 5.56 Å². The van der Waals surface area contributed by atoms with Gasteiger partial charge >= 0.3 is 0 Å². The molecule has 78 valence electrons. The SMILES string of the molecule is CONS(=O)(=O)c1c(C)cccc1Cl. The summed E-state index contributed by atoms with van der Waals surface area (Å²) in [5.41, 5.74) is 0.571. The predicted octanol–water partition coefficient (Wildman–Crippen LogP) is 1.49. The summed E-state index contributed by atoms with van der Waals surface area (Å²) in [6.45, 7) is 1.66. The maximum Gasteiger partial charge on any atom is 0.264 e. The molecule has 0 unspecified atom stereocenters. The topological polar surface area (TPSA) is 55.4 Å². The molecule has 1 aromatic rings. The molecule has 0 saturated heterocycles. The molecule has 0 aliphatic carbocycles. The molecule has 1 aromatic carbocycles. The van der Waals surface area contributed by atoms with Crippen molar-refractivity contribution in [2.45, 2.75) is 11.8 Å². The highest BCUT2D eigenvalue weighted by Gasteiger charge is 2.19. The fourth-order valence-corrected chi connectivity index (χ4v) is 2.75. The van der Waals surface area contributed by atoms with Crippen LogP contribution in [0.25, 0.3) is 0 Å². The zero-order valence-electron chi connectivity index (χ0n) is 7.74. The quantitative estimate of drug-likeness (QED) is 0.808. The Morgan fingerprint density at radius 1 is 1.43 bits per heavy atom. The van der Waals surface area contributed by atoms with Crippen molar-refractivity contribution >= 4 is 21.6 Å². The van der Waals surface area contributed by atoms with Crippen LogP contribution < -0.4 is 4.89 Å². The molecule has 0 spiro atoms. The third-order valence-corrected chi connectivity index (χ3v) is 3.52. The Morgan fingerprint density at radius 2 is 2.07 bits per heavy atom. The monoisotopic (exact) mass is 235 g/mol. The molecule has 0 aliphatic heterocycles. The molecule has 0 heterocycles. The van der Waals surface area contributed by atoms with Gasteiger partial charge in [-0.25, -0.2) is 8.42 Å². The molecule has 0 amide bonds. The lowest BCUT2D eigenvalue weighted by Crippen LogP contribution is -2.23. The normalized spacial score (nSPS) is 11.6. The molecular weight excluding hydrogens is 226 g/mol. The van der Waals surface area contributed by atoms with Gasteiger partial charge in [-0.2, -0.15) is 0 Å². The average Bonchev–Trinajstić information content (AvgIpc) is 2.02. The van der Waals surface area contributed by atoms with Gasteiger partial charge in [0.15, 0.2) is 0 Å². The van der Waals surface area contributed by atoms with E-state index in [0.717, 1.165) is 0 Å². The molecular formula is C8H10ClNO3S. The van der Waals surface area contributed by atoms with Crippen LogP contribution in [0.5, 0.6) is 0 Å². The molecule has 14 heavy (non-hydrogen) atoms. The van der Waals surface area contributed by atoms with Crippen molar-refractivity contribution < 1.29 is 13.3 Å². The Labute approximate surface area is 87.8 Å². The zero-order valence-corrected chi connectivity index (χ0v) is 9.32. The first kappa shape index (κ1) is 11.5. The summed E-state index contributed by atoms with van der Waals surface area (Å²) in [6, 6.07) is 4.86. The van der Waals surface area contributed by atoms with Crippen LogP contribution in [0.15, 0.2) is 23.1 Å². The van der Waals surface area contributed by atoms with E-state index in [9.17, 15) is 8.42 Å². The van der Waals surface area contributed by atoms with E-state index in [2.05, 4.69) is 4.84 Å². The highest BCUT2D eigenvalue weighted by molar-refractivity contribution is 7.89. The molecule has 6 heteroatoms. The number of aryl methyl sites for hydroxylation is 1. The van der Waals surface area contributed by atoms with Crippen LogP contribution in [0.3, 0.4) is 0 Å². The van der Waals surface area contributed by atoms with Gasteiger partial charge in [-0.05, 0) is 18.6 Å². The number of nitrogens with one attached hydrogen (secondary N) is 1. The minimum atomic E-state index is -3.68. The van der Waals surface area contributed by atoms with Crippen LogP contribution in [0.1, 0.15) is 5.56 Å². The number of rotatable bonds is 3. The van der Waals surface area contributed by atoms with Crippen molar-refractivity contribution in [3.05, 3.63) is 28.8 Å². The lowest BCUT2D eigenvalue weighted by Gasteiger charge is -2.08. The van der Waals surface area contributed by atoms with Crippen LogP contribution in [0.2, 0.25) is 5.02 Å². The summed E-state index contributed by atoms with van der Waals surface area (Å²) in [5.74, 6) is 0. The van der Waals surface area contributed by atoms with Gasteiger partial charge in [-0.15, -0.1) is 0 Å². The molecule has 0 bridgehead atoms. The third kappa shape index (κ3) is 2.24. The smallest absolute Gasteiger partial charge is 0.264 e. The minimum Gasteiger partial charge on any atom is -0.290 e. The maximum absolute atomic E-state index is 11.6. The highest BCUT2D eigenvalue weighted by atomic mass is 35.5. The fourth-order valence-electron chi connectivity index (χ4n) is 1.11. The lowest BCUT2D eigenvalue weighted by atomic mass is 10.2. The van der Waals surface area contributed by atoms with Gasteiger partial charge in [0.25, 0.3) is 10.0 Å². The summed E-state index contributed by atoms with van der Waals surface area (Å²) < 4.78 is 23.1. The van der Waals surface area contributed by atoms with Crippen molar-refractivity contribution in [1.82, 2.24) is 4.89 Å². The molecule has 1 rings (SSSR count). The van der Waals surface area contributed by atoms with Crippen LogP contribution >= 0.6 is 11.6 Å². The van der Waals surface area contributed by atoms with Crippen molar-refractivity contribution in [3.8, 4) is 0 Å². The predicted molar refractivity (Wildman–Crippen MR) is 53.5 cm³/mol. The van der Waals surface area contributed by atoms with E-state index in [-0.39, 0.29) is 9.92 Å². The van der Waals surface area contributed by atoms with Gasteiger partial charge in [0.1, 0.15) is 4.90 Å². The van der Waals surface area contributed by atoms with Gasteiger partial charge in [0.05, 0.1) is 12.1 Å². The van der Waals surface area contributed by atoms with Crippen molar-refractivity contribution in [2.24, 2.45) is 0 Å².